The first kappa shape index (κ1) is 21.5. The molecule has 0 aliphatic rings. The van der Waals surface area contributed by atoms with E-state index in [4.69, 9.17) is 23.2 Å². The quantitative estimate of drug-likeness (QED) is 0.453. The van der Waals surface area contributed by atoms with Crippen molar-refractivity contribution in [3.63, 3.8) is 0 Å². The van der Waals surface area contributed by atoms with E-state index in [0.29, 0.717) is 5.69 Å². The highest BCUT2D eigenvalue weighted by Gasteiger charge is 2.26. The lowest BCUT2D eigenvalue weighted by Crippen LogP contribution is -2.45. The molecule has 0 radical (unpaired) electrons. The molecule has 30 heavy (non-hydrogen) atoms. The van der Waals surface area contributed by atoms with Crippen molar-refractivity contribution in [3.8, 4) is 11.5 Å². The minimum atomic E-state index is -0.953. The summed E-state index contributed by atoms with van der Waals surface area (Å²) in [7, 11) is 0. The number of phenols is 2. The van der Waals surface area contributed by atoms with Crippen molar-refractivity contribution >= 4 is 40.7 Å². The first-order chi connectivity index (χ1) is 14.4. The molecule has 2 amide bonds. The molecule has 4 N–H and O–H groups in total. The van der Waals surface area contributed by atoms with E-state index in [1.807, 2.05) is 36.4 Å². The maximum absolute atomic E-state index is 12.9. The van der Waals surface area contributed by atoms with Gasteiger partial charge < -0.3 is 20.8 Å². The molecule has 154 valence electrons. The molecule has 0 fully saturated rings. The lowest BCUT2D eigenvalue weighted by molar-refractivity contribution is -0.118. The van der Waals surface area contributed by atoms with Crippen molar-refractivity contribution in [1.82, 2.24) is 5.32 Å². The van der Waals surface area contributed by atoms with Crippen LogP contribution < -0.4 is 10.6 Å². The van der Waals surface area contributed by atoms with Crippen LogP contribution in [0, 0.1) is 0 Å². The summed E-state index contributed by atoms with van der Waals surface area (Å²) in [4.78, 5) is 25.7. The van der Waals surface area contributed by atoms with Gasteiger partial charge in [-0.2, -0.15) is 0 Å². The normalized spacial score (nSPS) is 11.5. The van der Waals surface area contributed by atoms with Gasteiger partial charge in [0.25, 0.3) is 5.91 Å². The molecule has 1 atom stereocenters. The number of hydrogen-bond acceptors (Lipinski definition) is 4. The fourth-order valence-electron chi connectivity index (χ4n) is 2.82. The van der Waals surface area contributed by atoms with E-state index < -0.39 is 34.4 Å². The highest BCUT2D eigenvalue weighted by molar-refractivity contribution is 6.38. The van der Waals surface area contributed by atoms with E-state index in [-0.39, 0.29) is 17.0 Å². The molecule has 3 rings (SSSR count). The summed E-state index contributed by atoms with van der Waals surface area (Å²) >= 11 is 11.7. The molecule has 0 unspecified atom stereocenters. The number of nitrogens with one attached hydrogen (secondary N) is 2. The van der Waals surface area contributed by atoms with Crippen LogP contribution in [-0.4, -0.2) is 28.1 Å². The minimum Gasteiger partial charge on any atom is -0.505 e. The summed E-state index contributed by atoms with van der Waals surface area (Å²) in [5.74, 6) is -2.36. The molecular weight excluding hydrogens is 427 g/mol. The van der Waals surface area contributed by atoms with Crippen molar-refractivity contribution in [2.75, 3.05) is 5.32 Å². The van der Waals surface area contributed by atoms with E-state index in [1.54, 1.807) is 24.3 Å². The van der Waals surface area contributed by atoms with Gasteiger partial charge in [-0.3, -0.25) is 9.59 Å². The van der Waals surface area contributed by atoms with Crippen LogP contribution in [0.25, 0.3) is 0 Å². The van der Waals surface area contributed by atoms with Gasteiger partial charge in [-0.25, -0.2) is 0 Å². The number of phenolic OH excluding ortho intramolecular Hbond substituents is 2. The molecule has 0 heterocycles. The molecule has 0 aliphatic carbocycles. The number of amides is 2. The van der Waals surface area contributed by atoms with Gasteiger partial charge in [0, 0.05) is 12.1 Å². The van der Waals surface area contributed by atoms with Crippen molar-refractivity contribution in [3.05, 3.63) is 87.9 Å². The Bertz CT molecular complexity index is 1060. The van der Waals surface area contributed by atoms with Crippen molar-refractivity contribution in [2.24, 2.45) is 0 Å². The third-order valence-corrected chi connectivity index (χ3v) is 5.00. The molecule has 8 heteroatoms. The van der Waals surface area contributed by atoms with Crippen LogP contribution in [0.5, 0.6) is 11.5 Å². The predicted molar refractivity (Wildman–Crippen MR) is 116 cm³/mol. The second kappa shape index (κ2) is 9.52. The SMILES string of the molecule is O=C(N[C@@H](Cc1ccccc1)C(=O)Nc1ccccc1)c1cc(Cl)c(O)c(Cl)c1O. The summed E-state index contributed by atoms with van der Waals surface area (Å²) < 4.78 is 0. The molecule has 3 aromatic rings. The van der Waals surface area contributed by atoms with Gasteiger partial charge >= 0.3 is 0 Å². The lowest BCUT2D eigenvalue weighted by atomic mass is 10.0. The Morgan fingerprint density at radius 3 is 2.13 bits per heavy atom. The predicted octanol–water partition coefficient (Wildman–Crippen LogP) is 4.38. The zero-order valence-electron chi connectivity index (χ0n) is 15.6. The van der Waals surface area contributed by atoms with E-state index in [2.05, 4.69) is 10.6 Å². The molecule has 0 bridgehead atoms. The Balaban J connectivity index is 1.86. The van der Waals surface area contributed by atoms with Gasteiger partial charge in [-0.05, 0) is 23.8 Å². The summed E-state index contributed by atoms with van der Waals surface area (Å²) in [6, 6.07) is 18.1. The van der Waals surface area contributed by atoms with Gasteiger partial charge in [-0.1, -0.05) is 71.7 Å². The lowest BCUT2D eigenvalue weighted by Gasteiger charge is -2.19. The van der Waals surface area contributed by atoms with Crippen LogP contribution in [0.15, 0.2) is 66.7 Å². The zero-order valence-corrected chi connectivity index (χ0v) is 17.1. The molecule has 0 aliphatic heterocycles. The van der Waals surface area contributed by atoms with Crippen LogP contribution >= 0.6 is 23.2 Å². The maximum Gasteiger partial charge on any atom is 0.255 e. The summed E-state index contributed by atoms with van der Waals surface area (Å²) in [6.07, 6.45) is 0.214. The van der Waals surface area contributed by atoms with Crippen LogP contribution in [0.1, 0.15) is 15.9 Å². The molecule has 6 nitrogen and oxygen atoms in total. The smallest absolute Gasteiger partial charge is 0.255 e. The van der Waals surface area contributed by atoms with Gasteiger partial charge in [0.15, 0.2) is 11.5 Å². The average molecular weight is 445 g/mol. The summed E-state index contributed by atoms with van der Waals surface area (Å²) in [5, 5.41) is 24.6. The topological polar surface area (TPSA) is 98.7 Å². The fourth-order valence-corrected chi connectivity index (χ4v) is 3.27. The Hall–Kier alpha value is -3.22. The molecule has 0 aromatic heterocycles. The van der Waals surface area contributed by atoms with Gasteiger partial charge in [0.1, 0.15) is 11.1 Å². The van der Waals surface area contributed by atoms with Crippen molar-refractivity contribution < 1.29 is 19.8 Å². The molecule has 3 aromatic carbocycles. The first-order valence-corrected chi connectivity index (χ1v) is 9.73. The standard InChI is InChI=1S/C22H18Cl2N2O4/c23-16-12-15(19(27)18(24)20(16)28)21(29)26-17(11-13-7-3-1-4-8-13)22(30)25-14-9-5-2-6-10-14/h1-10,12,17,27-28H,11H2,(H,25,30)(H,26,29)/t17-/m0/s1. The summed E-state index contributed by atoms with van der Waals surface area (Å²) in [6.45, 7) is 0. The van der Waals surface area contributed by atoms with Crippen LogP contribution in [0.2, 0.25) is 10.0 Å². The van der Waals surface area contributed by atoms with Gasteiger partial charge in [0.05, 0.1) is 10.6 Å². The average Bonchev–Trinajstić information content (AvgIpc) is 2.75. The number of halogens is 2. The highest BCUT2D eigenvalue weighted by Crippen LogP contribution is 2.40. The van der Waals surface area contributed by atoms with E-state index >= 15 is 0 Å². The molecular formula is C22H18Cl2N2O4. The second-order valence-electron chi connectivity index (χ2n) is 6.49. The fraction of sp³-hybridized carbons (Fsp3) is 0.0909. The largest absolute Gasteiger partial charge is 0.505 e. The Morgan fingerprint density at radius 2 is 1.50 bits per heavy atom. The molecule has 0 saturated carbocycles. The second-order valence-corrected chi connectivity index (χ2v) is 7.27. The van der Waals surface area contributed by atoms with Crippen LogP contribution in [0.4, 0.5) is 5.69 Å². The first-order valence-electron chi connectivity index (χ1n) is 8.97. The molecule has 0 spiro atoms. The Labute approximate surface area is 183 Å². The van der Waals surface area contributed by atoms with E-state index in [0.717, 1.165) is 11.6 Å². The third-order valence-electron chi connectivity index (χ3n) is 4.36. The number of carbonyl (C=O) groups excluding carboxylic acids is 2. The number of carbonyl (C=O) groups is 2. The number of para-hydroxylation sites is 1. The number of anilines is 1. The maximum atomic E-state index is 12.9. The van der Waals surface area contributed by atoms with Crippen molar-refractivity contribution in [2.45, 2.75) is 12.5 Å². The van der Waals surface area contributed by atoms with E-state index in [1.165, 1.54) is 0 Å². The zero-order chi connectivity index (χ0) is 21.7. The van der Waals surface area contributed by atoms with Gasteiger partial charge in [0.2, 0.25) is 5.91 Å². The minimum absolute atomic E-state index is 0.198. The Kier molecular flexibility index (Phi) is 6.82. The molecule has 0 saturated heterocycles. The number of hydrogen-bond donors (Lipinski definition) is 4. The van der Waals surface area contributed by atoms with Crippen LogP contribution in [-0.2, 0) is 11.2 Å². The summed E-state index contributed by atoms with van der Waals surface area (Å²) in [5.41, 5.74) is 1.15. The number of benzene rings is 3. The van der Waals surface area contributed by atoms with Gasteiger partial charge in [-0.15, -0.1) is 0 Å². The monoisotopic (exact) mass is 444 g/mol. The Morgan fingerprint density at radius 1 is 0.900 bits per heavy atom. The van der Waals surface area contributed by atoms with Crippen LogP contribution in [0.3, 0.4) is 0 Å². The highest BCUT2D eigenvalue weighted by atomic mass is 35.5. The van der Waals surface area contributed by atoms with E-state index in [9.17, 15) is 19.8 Å². The number of rotatable bonds is 6. The van der Waals surface area contributed by atoms with Crippen molar-refractivity contribution in [1.29, 1.82) is 0 Å². The third kappa shape index (κ3) is 5.03. The number of aromatic hydroxyl groups is 2.